The van der Waals surface area contributed by atoms with E-state index in [1.165, 1.54) is 5.69 Å². The standard InChI is InChI=1S/C19H29N3O2/c1-2-20-11-13-21(14-12-20)18-5-3-17(4-6-18)19(24)22-9-7-16(15-23)8-10-22/h3-6,16,23H,2,7-15H2,1H3. The zero-order chi connectivity index (χ0) is 16.9. The van der Waals surface area contributed by atoms with Gasteiger partial charge in [0.2, 0.25) is 0 Å². The van der Waals surface area contributed by atoms with Crippen molar-refractivity contribution in [3.63, 3.8) is 0 Å². The molecule has 2 saturated heterocycles. The van der Waals surface area contributed by atoms with Crippen LogP contribution in [0.2, 0.25) is 0 Å². The fourth-order valence-corrected chi connectivity index (χ4v) is 3.64. The van der Waals surface area contributed by atoms with Gasteiger partial charge >= 0.3 is 0 Å². The van der Waals surface area contributed by atoms with Crippen molar-refractivity contribution in [1.29, 1.82) is 0 Å². The average Bonchev–Trinajstić information content (AvgIpc) is 2.68. The molecule has 5 heteroatoms. The van der Waals surface area contributed by atoms with E-state index in [-0.39, 0.29) is 12.5 Å². The molecule has 0 bridgehead atoms. The summed E-state index contributed by atoms with van der Waals surface area (Å²) in [4.78, 5) is 19.4. The Hall–Kier alpha value is -1.59. The number of piperazine rings is 1. The highest BCUT2D eigenvalue weighted by Crippen LogP contribution is 2.21. The first kappa shape index (κ1) is 17.2. The van der Waals surface area contributed by atoms with Gasteiger partial charge in [-0.2, -0.15) is 0 Å². The van der Waals surface area contributed by atoms with Gasteiger partial charge in [0.05, 0.1) is 0 Å². The Morgan fingerprint density at radius 1 is 1.04 bits per heavy atom. The summed E-state index contributed by atoms with van der Waals surface area (Å²) >= 11 is 0. The van der Waals surface area contributed by atoms with Crippen LogP contribution in [0, 0.1) is 5.92 Å². The molecule has 2 aliphatic heterocycles. The fraction of sp³-hybridized carbons (Fsp3) is 0.632. The zero-order valence-electron chi connectivity index (χ0n) is 14.7. The molecule has 0 atom stereocenters. The normalized spacial score (nSPS) is 20.4. The Bertz CT molecular complexity index is 530. The highest BCUT2D eigenvalue weighted by molar-refractivity contribution is 5.94. The average molecular weight is 331 g/mol. The molecule has 1 N–H and O–H groups in total. The SMILES string of the molecule is CCN1CCN(c2ccc(C(=O)N3CCC(CO)CC3)cc2)CC1. The predicted molar refractivity (Wildman–Crippen MR) is 96.5 cm³/mol. The summed E-state index contributed by atoms with van der Waals surface area (Å²) in [6, 6.07) is 8.08. The van der Waals surface area contributed by atoms with Crippen molar-refractivity contribution in [2.45, 2.75) is 19.8 Å². The third kappa shape index (κ3) is 3.90. The van der Waals surface area contributed by atoms with Gasteiger partial charge < -0.3 is 19.8 Å². The van der Waals surface area contributed by atoms with E-state index in [0.717, 1.165) is 64.2 Å². The Kier molecular flexibility index (Phi) is 5.74. The van der Waals surface area contributed by atoms with Crippen LogP contribution in [0.15, 0.2) is 24.3 Å². The lowest BCUT2D eigenvalue weighted by atomic mass is 9.97. The number of aliphatic hydroxyl groups is 1. The van der Waals surface area contributed by atoms with Crippen LogP contribution >= 0.6 is 0 Å². The summed E-state index contributed by atoms with van der Waals surface area (Å²) in [7, 11) is 0. The molecule has 0 aliphatic carbocycles. The van der Waals surface area contributed by atoms with Crippen LogP contribution in [-0.4, -0.2) is 73.2 Å². The Morgan fingerprint density at radius 3 is 2.21 bits per heavy atom. The summed E-state index contributed by atoms with van der Waals surface area (Å²) in [6.07, 6.45) is 1.81. The number of nitrogens with zero attached hydrogens (tertiary/aromatic N) is 3. The second-order valence-electron chi connectivity index (χ2n) is 6.89. The minimum absolute atomic E-state index is 0.119. The van der Waals surface area contributed by atoms with E-state index in [9.17, 15) is 9.90 Å². The summed E-state index contributed by atoms with van der Waals surface area (Å²) < 4.78 is 0. The zero-order valence-corrected chi connectivity index (χ0v) is 14.7. The van der Waals surface area contributed by atoms with E-state index in [2.05, 4.69) is 28.9 Å². The van der Waals surface area contributed by atoms with Crippen molar-refractivity contribution >= 4 is 11.6 Å². The predicted octanol–water partition coefficient (Wildman–Crippen LogP) is 1.67. The molecular weight excluding hydrogens is 302 g/mol. The van der Waals surface area contributed by atoms with Gasteiger partial charge in [-0.3, -0.25) is 4.79 Å². The molecule has 1 aromatic rings. The molecule has 2 heterocycles. The lowest BCUT2D eigenvalue weighted by molar-refractivity contribution is 0.0651. The Morgan fingerprint density at radius 2 is 1.67 bits per heavy atom. The number of likely N-dealkylation sites (N-methyl/N-ethyl adjacent to an activating group) is 1. The molecule has 1 aromatic carbocycles. The van der Waals surface area contributed by atoms with Gasteiger partial charge in [0.15, 0.2) is 0 Å². The van der Waals surface area contributed by atoms with Crippen LogP contribution in [-0.2, 0) is 0 Å². The number of likely N-dealkylation sites (tertiary alicyclic amines) is 1. The number of anilines is 1. The number of benzene rings is 1. The minimum Gasteiger partial charge on any atom is -0.396 e. The van der Waals surface area contributed by atoms with Gasteiger partial charge in [0.1, 0.15) is 0 Å². The van der Waals surface area contributed by atoms with Gasteiger partial charge in [0, 0.05) is 57.1 Å². The summed E-state index contributed by atoms with van der Waals surface area (Å²) in [5, 5.41) is 9.21. The van der Waals surface area contributed by atoms with E-state index in [4.69, 9.17) is 0 Å². The molecule has 0 aromatic heterocycles. The summed E-state index contributed by atoms with van der Waals surface area (Å²) in [5.74, 6) is 0.479. The second kappa shape index (κ2) is 7.99. The van der Waals surface area contributed by atoms with Gasteiger partial charge in [0.25, 0.3) is 5.91 Å². The van der Waals surface area contributed by atoms with Crippen molar-refractivity contribution in [3.8, 4) is 0 Å². The maximum absolute atomic E-state index is 12.6. The number of piperidine rings is 1. The van der Waals surface area contributed by atoms with Crippen LogP contribution in [0.3, 0.4) is 0 Å². The molecule has 5 nitrogen and oxygen atoms in total. The van der Waals surface area contributed by atoms with Crippen molar-refractivity contribution in [1.82, 2.24) is 9.80 Å². The lowest BCUT2D eigenvalue weighted by Crippen LogP contribution is -2.46. The number of hydrogen-bond acceptors (Lipinski definition) is 4. The molecule has 0 saturated carbocycles. The molecule has 1 amide bonds. The van der Waals surface area contributed by atoms with Crippen LogP contribution in [0.4, 0.5) is 5.69 Å². The molecule has 132 valence electrons. The number of aliphatic hydroxyl groups excluding tert-OH is 1. The van der Waals surface area contributed by atoms with Crippen molar-refractivity contribution in [2.75, 3.05) is 57.3 Å². The quantitative estimate of drug-likeness (QED) is 0.912. The van der Waals surface area contributed by atoms with Crippen molar-refractivity contribution in [3.05, 3.63) is 29.8 Å². The molecule has 0 spiro atoms. The van der Waals surface area contributed by atoms with E-state index >= 15 is 0 Å². The van der Waals surface area contributed by atoms with E-state index in [0.29, 0.717) is 5.92 Å². The summed E-state index contributed by atoms with van der Waals surface area (Å²) in [6.45, 7) is 9.39. The van der Waals surface area contributed by atoms with Gasteiger partial charge in [-0.15, -0.1) is 0 Å². The van der Waals surface area contributed by atoms with E-state index in [1.807, 2.05) is 17.0 Å². The number of hydrogen-bond donors (Lipinski definition) is 1. The molecule has 3 rings (SSSR count). The molecular formula is C19H29N3O2. The highest BCUT2D eigenvalue weighted by Gasteiger charge is 2.23. The van der Waals surface area contributed by atoms with Crippen LogP contribution in [0.5, 0.6) is 0 Å². The third-order valence-electron chi connectivity index (χ3n) is 5.46. The Balaban J connectivity index is 1.57. The first-order valence-corrected chi connectivity index (χ1v) is 9.18. The van der Waals surface area contributed by atoms with Crippen LogP contribution in [0.25, 0.3) is 0 Å². The first-order valence-electron chi connectivity index (χ1n) is 9.18. The summed E-state index contributed by atoms with van der Waals surface area (Å²) in [5.41, 5.74) is 1.98. The van der Waals surface area contributed by atoms with Crippen molar-refractivity contribution in [2.24, 2.45) is 5.92 Å². The maximum Gasteiger partial charge on any atom is 0.253 e. The van der Waals surface area contributed by atoms with E-state index in [1.54, 1.807) is 0 Å². The fourth-order valence-electron chi connectivity index (χ4n) is 3.64. The highest BCUT2D eigenvalue weighted by atomic mass is 16.3. The smallest absolute Gasteiger partial charge is 0.253 e. The maximum atomic E-state index is 12.6. The molecule has 0 radical (unpaired) electrons. The van der Waals surface area contributed by atoms with E-state index < -0.39 is 0 Å². The Labute approximate surface area is 144 Å². The number of carbonyl (C=O) groups excluding carboxylic acids is 1. The van der Waals surface area contributed by atoms with Gasteiger partial charge in [-0.05, 0) is 49.6 Å². The minimum atomic E-state index is 0.119. The van der Waals surface area contributed by atoms with Gasteiger partial charge in [-0.25, -0.2) is 0 Å². The van der Waals surface area contributed by atoms with Crippen LogP contribution in [0.1, 0.15) is 30.1 Å². The van der Waals surface area contributed by atoms with Gasteiger partial charge in [-0.1, -0.05) is 6.92 Å². The molecule has 2 aliphatic rings. The first-order chi connectivity index (χ1) is 11.7. The molecule has 2 fully saturated rings. The number of rotatable bonds is 4. The van der Waals surface area contributed by atoms with Crippen molar-refractivity contribution < 1.29 is 9.90 Å². The second-order valence-corrected chi connectivity index (χ2v) is 6.89. The lowest BCUT2D eigenvalue weighted by Gasteiger charge is -2.35. The molecule has 0 unspecified atom stereocenters. The van der Waals surface area contributed by atoms with Crippen LogP contribution < -0.4 is 4.90 Å². The number of amides is 1. The topological polar surface area (TPSA) is 47.0 Å². The largest absolute Gasteiger partial charge is 0.396 e. The number of carbonyl (C=O) groups is 1. The molecule has 24 heavy (non-hydrogen) atoms. The third-order valence-corrected chi connectivity index (χ3v) is 5.46. The monoisotopic (exact) mass is 331 g/mol.